The van der Waals surface area contributed by atoms with E-state index in [4.69, 9.17) is 5.73 Å². The van der Waals surface area contributed by atoms with Crippen LogP contribution in [0.15, 0.2) is 24.3 Å². The second-order valence-electron chi connectivity index (χ2n) is 5.33. The van der Waals surface area contributed by atoms with Gasteiger partial charge in [0.25, 0.3) is 0 Å². The second kappa shape index (κ2) is 6.30. The molecule has 2 nitrogen and oxygen atoms in total. The van der Waals surface area contributed by atoms with Crippen LogP contribution < -0.4 is 11.1 Å². The van der Waals surface area contributed by atoms with E-state index in [2.05, 4.69) is 12.2 Å². The summed E-state index contributed by atoms with van der Waals surface area (Å²) in [7, 11) is 0. The molecule has 1 fully saturated rings. The van der Waals surface area contributed by atoms with Gasteiger partial charge in [-0.15, -0.1) is 0 Å². The van der Waals surface area contributed by atoms with Crippen LogP contribution in [0, 0.1) is 11.7 Å². The topological polar surface area (TPSA) is 38.0 Å². The monoisotopic (exact) mass is 250 g/mol. The summed E-state index contributed by atoms with van der Waals surface area (Å²) < 4.78 is 12.9. The lowest BCUT2D eigenvalue weighted by Crippen LogP contribution is -2.42. The molecule has 0 spiro atoms. The van der Waals surface area contributed by atoms with Crippen molar-refractivity contribution in [1.29, 1.82) is 0 Å². The zero-order chi connectivity index (χ0) is 13.0. The Morgan fingerprint density at radius 2 is 1.94 bits per heavy atom. The molecule has 3 heteroatoms. The highest BCUT2D eigenvalue weighted by Crippen LogP contribution is 2.26. The third-order valence-electron chi connectivity index (χ3n) is 4.05. The van der Waals surface area contributed by atoms with E-state index in [9.17, 15) is 4.39 Å². The molecule has 0 bridgehead atoms. The Morgan fingerprint density at radius 1 is 1.28 bits per heavy atom. The van der Waals surface area contributed by atoms with E-state index in [0.29, 0.717) is 12.0 Å². The van der Waals surface area contributed by atoms with Crippen molar-refractivity contribution in [3.8, 4) is 0 Å². The molecule has 0 radical (unpaired) electrons. The van der Waals surface area contributed by atoms with Crippen LogP contribution in [0.2, 0.25) is 0 Å². The minimum atomic E-state index is -0.177. The minimum Gasteiger partial charge on any atom is -0.330 e. The van der Waals surface area contributed by atoms with Gasteiger partial charge in [-0.1, -0.05) is 25.0 Å². The van der Waals surface area contributed by atoms with Gasteiger partial charge in [0.1, 0.15) is 5.82 Å². The quantitative estimate of drug-likeness (QED) is 0.862. The van der Waals surface area contributed by atoms with Gasteiger partial charge in [0.15, 0.2) is 0 Å². The molecular formula is C15H23FN2. The molecule has 2 rings (SSSR count). The highest BCUT2D eigenvalue weighted by molar-refractivity contribution is 5.19. The van der Waals surface area contributed by atoms with E-state index < -0.39 is 0 Å². The van der Waals surface area contributed by atoms with E-state index in [1.807, 2.05) is 12.1 Å². The van der Waals surface area contributed by atoms with E-state index in [-0.39, 0.29) is 11.9 Å². The smallest absolute Gasteiger partial charge is 0.123 e. The molecule has 1 aromatic carbocycles. The molecule has 18 heavy (non-hydrogen) atoms. The Hall–Kier alpha value is -0.930. The average molecular weight is 250 g/mol. The van der Waals surface area contributed by atoms with Crippen LogP contribution in [0.3, 0.4) is 0 Å². The SMILES string of the molecule is C[C@@H](NC1CCCCC1CN)c1ccc(F)cc1. The first-order valence-electron chi connectivity index (χ1n) is 6.92. The number of rotatable bonds is 4. The average Bonchev–Trinajstić information content (AvgIpc) is 2.40. The lowest BCUT2D eigenvalue weighted by atomic mass is 9.84. The van der Waals surface area contributed by atoms with Gasteiger partial charge in [0, 0.05) is 12.1 Å². The van der Waals surface area contributed by atoms with Crippen LogP contribution in [0.5, 0.6) is 0 Å². The fourth-order valence-electron chi connectivity index (χ4n) is 2.88. The first-order chi connectivity index (χ1) is 8.70. The van der Waals surface area contributed by atoms with Crippen LogP contribution in [-0.2, 0) is 0 Å². The van der Waals surface area contributed by atoms with Gasteiger partial charge in [0.2, 0.25) is 0 Å². The van der Waals surface area contributed by atoms with E-state index in [0.717, 1.165) is 12.1 Å². The molecule has 1 saturated carbocycles. The standard InChI is InChI=1S/C15H23FN2/c1-11(12-6-8-14(16)9-7-12)18-15-5-3-2-4-13(15)10-17/h6-9,11,13,15,18H,2-5,10,17H2,1H3/t11-,13?,15?/m1/s1. The van der Waals surface area contributed by atoms with Gasteiger partial charge < -0.3 is 11.1 Å². The Bertz CT molecular complexity index is 363. The Labute approximate surface area is 109 Å². The first kappa shape index (κ1) is 13.5. The van der Waals surface area contributed by atoms with Crippen LogP contribution >= 0.6 is 0 Å². The van der Waals surface area contributed by atoms with Crippen molar-refractivity contribution in [3.05, 3.63) is 35.6 Å². The summed E-state index contributed by atoms with van der Waals surface area (Å²) in [6.07, 6.45) is 5.01. The van der Waals surface area contributed by atoms with Gasteiger partial charge in [-0.05, 0) is 49.9 Å². The maximum atomic E-state index is 12.9. The molecular weight excluding hydrogens is 227 g/mol. The van der Waals surface area contributed by atoms with Crippen molar-refractivity contribution < 1.29 is 4.39 Å². The highest BCUT2D eigenvalue weighted by Gasteiger charge is 2.25. The molecule has 0 aromatic heterocycles. The largest absolute Gasteiger partial charge is 0.330 e. The van der Waals surface area contributed by atoms with Gasteiger partial charge in [0.05, 0.1) is 0 Å². The summed E-state index contributed by atoms with van der Waals surface area (Å²) in [6, 6.07) is 7.51. The summed E-state index contributed by atoms with van der Waals surface area (Å²) in [5, 5.41) is 3.65. The number of nitrogens with two attached hydrogens (primary N) is 1. The van der Waals surface area contributed by atoms with Crippen molar-refractivity contribution >= 4 is 0 Å². The van der Waals surface area contributed by atoms with Crippen LogP contribution in [0.1, 0.15) is 44.2 Å². The van der Waals surface area contributed by atoms with Gasteiger partial charge in [-0.3, -0.25) is 0 Å². The first-order valence-corrected chi connectivity index (χ1v) is 6.92. The van der Waals surface area contributed by atoms with Crippen LogP contribution in [0.25, 0.3) is 0 Å². The lowest BCUT2D eigenvalue weighted by molar-refractivity contribution is 0.252. The number of nitrogens with one attached hydrogen (secondary N) is 1. The molecule has 1 aliphatic carbocycles. The van der Waals surface area contributed by atoms with Crippen LogP contribution in [0.4, 0.5) is 4.39 Å². The highest BCUT2D eigenvalue weighted by atomic mass is 19.1. The summed E-state index contributed by atoms with van der Waals surface area (Å²) in [6.45, 7) is 2.89. The molecule has 1 aromatic rings. The second-order valence-corrected chi connectivity index (χ2v) is 5.33. The van der Waals surface area contributed by atoms with E-state index >= 15 is 0 Å². The number of hydrogen-bond donors (Lipinski definition) is 2. The fourth-order valence-corrected chi connectivity index (χ4v) is 2.88. The molecule has 3 N–H and O–H groups in total. The zero-order valence-electron chi connectivity index (χ0n) is 11.0. The predicted molar refractivity (Wildman–Crippen MR) is 72.8 cm³/mol. The molecule has 100 valence electrons. The zero-order valence-corrected chi connectivity index (χ0v) is 11.0. The molecule has 0 aliphatic heterocycles. The molecule has 3 atom stereocenters. The van der Waals surface area contributed by atoms with Gasteiger partial charge in [-0.2, -0.15) is 0 Å². The van der Waals surface area contributed by atoms with Crippen molar-refractivity contribution in [1.82, 2.24) is 5.32 Å². The maximum absolute atomic E-state index is 12.9. The van der Waals surface area contributed by atoms with E-state index in [1.165, 1.54) is 37.8 Å². The lowest BCUT2D eigenvalue weighted by Gasteiger charge is -2.33. The van der Waals surface area contributed by atoms with Gasteiger partial charge in [-0.25, -0.2) is 4.39 Å². The van der Waals surface area contributed by atoms with Crippen molar-refractivity contribution in [2.45, 2.75) is 44.7 Å². The summed E-state index contributed by atoms with van der Waals surface area (Å²) in [5.41, 5.74) is 6.98. The Balaban J connectivity index is 1.97. The van der Waals surface area contributed by atoms with Crippen LogP contribution in [-0.4, -0.2) is 12.6 Å². The number of benzene rings is 1. The third kappa shape index (κ3) is 3.30. The fraction of sp³-hybridized carbons (Fsp3) is 0.600. The molecule has 0 heterocycles. The van der Waals surface area contributed by atoms with E-state index in [1.54, 1.807) is 0 Å². The summed E-state index contributed by atoms with van der Waals surface area (Å²) >= 11 is 0. The van der Waals surface area contributed by atoms with Crippen molar-refractivity contribution in [2.24, 2.45) is 11.7 Å². The molecule has 0 amide bonds. The third-order valence-corrected chi connectivity index (χ3v) is 4.05. The van der Waals surface area contributed by atoms with Crippen molar-refractivity contribution in [2.75, 3.05) is 6.54 Å². The summed E-state index contributed by atoms with van der Waals surface area (Å²) in [4.78, 5) is 0. The van der Waals surface area contributed by atoms with Crippen molar-refractivity contribution in [3.63, 3.8) is 0 Å². The Morgan fingerprint density at radius 3 is 2.61 bits per heavy atom. The normalized spacial score (nSPS) is 25.9. The molecule has 0 saturated heterocycles. The molecule has 1 aliphatic rings. The predicted octanol–water partition coefficient (Wildman–Crippen LogP) is 2.99. The maximum Gasteiger partial charge on any atom is 0.123 e. The number of hydrogen-bond acceptors (Lipinski definition) is 2. The summed E-state index contributed by atoms with van der Waals surface area (Å²) in [5.74, 6) is 0.407. The van der Waals surface area contributed by atoms with Gasteiger partial charge >= 0.3 is 0 Å². The number of halogens is 1. The molecule has 2 unspecified atom stereocenters. The minimum absolute atomic E-state index is 0.177. The Kier molecular flexibility index (Phi) is 4.72.